The van der Waals surface area contributed by atoms with Crippen molar-refractivity contribution in [1.82, 2.24) is 5.32 Å². The third-order valence-electron chi connectivity index (χ3n) is 4.10. The molecule has 1 N–H and O–H groups in total. The molecule has 1 fully saturated rings. The van der Waals surface area contributed by atoms with Crippen molar-refractivity contribution in [2.45, 2.75) is 77.5 Å². The van der Waals surface area contributed by atoms with Crippen LogP contribution in [0, 0.1) is 5.92 Å². The Labute approximate surface area is 123 Å². The third-order valence-corrected chi connectivity index (χ3v) is 4.10. The number of hydrogen-bond acceptors (Lipinski definition) is 4. The molecule has 1 heterocycles. The van der Waals surface area contributed by atoms with E-state index in [1.807, 2.05) is 6.92 Å². The second kappa shape index (κ2) is 10.2. The van der Waals surface area contributed by atoms with Crippen molar-refractivity contribution >= 4 is 5.97 Å². The fraction of sp³-hybridized carbons (Fsp3) is 0.938. The van der Waals surface area contributed by atoms with Gasteiger partial charge in [-0.2, -0.15) is 0 Å². The minimum absolute atomic E-state index is 0.0262. The Kier molecular flexibility index (Phi) is 8.86. The van der Waals surface area contributed by atoms with Crippen molar-refractivity contribution in [2.75, 3.05) is 13.7 Å². The Morgan fingerprint density at radius 3 is 2.75 bits per heavy atom. The fourth-order valence-electron chi connectivity index (χ4n) is 2.87. The van der Waals surface area contributed by atoms with E-state index >= 15 is 0 Å². The van der Waals surface area contributed by atoms with Gasteiger partial charge in [-0.05, 0) is 39.0 Å². The molecule has 0 spiro atoms. The van der Waals surface area contributed by atoms with Crippen LogP contribution in [0.3, 0.4) is 0 Å². The summed E-state index contributed by atoms with van der Waals surface area (Å²) < 4.78 is 10.5. The second-order valence-electron chi connectivity index (χ2n) is 5.80. The van der Waals surface area contributed by atoms with Crippen molar-refractivity contribution in [2.24, 2.45) is 5.92 Å². The highest BCUT2D eigenvalue weighted by molar-refractivity contribution is 5.71. The summed E-state index contributed by atoms with van der Waals surface area (Å²) in [6.07, 6.45) is 9.52. The summed E-state index contributed by atoms with van der Waals surface area (Å²) in [5.41, 5.74) is 0. The Morgan fingerprint density at radius 1 is 1.30 bits per heavy atom. The Bertz CT molecular complexity index is 270. The van der Waals surface area contributed by atoms with Crippen LogP contribution in [-0.4, -0.2) is 32.0 Å². The molecule has 0 bridgehead atoms. The van der Waals surface area contributed by atoms with Crippen molar-refractivity contribution in [3.8, 4) is 0 Å². The molecule has 4 nitrogen and oxygen atoms in total. The Morgan fingerprint density at radius 2 is 2.05 bits per heavy atom. The molecule has 3 atom stereocenters. The third kappa shape index (κ3) is 6.71. The minimum atomic E-state index is -0.0889. The van der Waals surface area contributed by atoms with Gasteiger partial charge in [-0.25, -0.2) is 0 Å². The first-order valence-electron chi connectivity index (χ1n) is 8.12. The summed E-state index contributed by atoms with van der Waals surface area (Å²) in [6.45, 7) is 4.78. The maximum Gasteiger partial charge on any atom is 0.308 e. The molecule has 0 aromatic carbocycles. The molecule has 0 aliphatic carbocycles. The highest BCUT2D eigenvalue weighted by Gasteiger charge is 2.19. The van der Waals surface area contributed by atoms with E-state index in [4.69, 9.17) is 9.47 Å². The zero-order valence-corrected chi connectivity index (χ0v) is 13.3. The summed E-state index contributed by atoms with van der Waals surface area (Å²) in [4.78, 5) is 11.3. The SMILES string of the molecule is CCOC1CCCCC(CCCC[C@H](C)C(=O)OC)N1. The number of nitrogens with one attached hydrogen (secondary N) is 1. The average molecular weight is 285 g/mol. The van der Waals surface area contributed by atoms with Crippen LogP contribution in [0.25, 0.3) is 0 Å². The van der Waals surface area contributed by atoms with E-state index in [0.717, 1.165) is 32.3 Å². The van der Waals surface area contributed by atoms with E-state index in [0.29, 0.717) is 6.04 Å². The Balaban J connectivity index is 2.18. The Hall–Kier alpha value is -0.610. The zero-order chi connectivity index (χ0) is 14.8. The number of unbranched alkanes of at least 4 members (excludes halogenated alkanes) is 1. The molecular formula is C16H31NO3. The van der Waals surface area contributed by atoms with Crippen molar-refractivity contribution in [3.05, 3.63) is 0 Å². The minimum Gasteiger partial charge on any atom is -0.469 e. The number of ether oxygens (including phenoxy) is 2. The van der Waals surface area contributed by atoms with Gasteiger partial charge in [-0.1, -0.05) is 26.2 Å². The number of carbonyl (C=O) groups excluding carboxylic acids is 1. The highest BCUT2D eigenvalue weighted by Crippen LogP contribution is 2.19. The van der Waals surface area contributed by atoms with Gasteiger partial charge in [0.15, 0.2) is 0 Å². The van der Waals surface area contributed by atoms with E-state index < -0.39 is 0 Å². The van der Waals surface area contributed by atoms with E-state index in [-0.39, 0.29) is 18.1 Å². The number of esters is 1. The number of rotatable bonds is 8. The molecule has 1 rings (SSSR count). The quantitative estimate of drug-likeness (QED) is 0.549. The maximum absolute atomic E-state index is 11.3. The summed E-state index contributed by atoms with van der Waals surface area (Å²) in [5, 5.41) is 3.63. The van der Waals surface area contributed by atoms with Crippen LogP contribution in [0.4, 0.5) is 0 Å². The molecule has 0 amide bonds. The van der Waals surface area contributed by atoms with Crippen LogP contribution >= 0.6 is 0 Å². The molecule has 0 saturated carbocycles. The summed E-state index contributed by atoms with van der Waals surface area (Å²) >= 11 is 0. The van der Waals surface area contributed by atoms with E-state index in [2.05, 4.69) is 12.2 Å². The number of carbonyl (C=O) groups is 1. The van der Waals surface area contributed by atoms with Crippen LogP contribution in [0.15, 0.2) is 0 Å². The summed E-state index contributed by atoms with van der Waals surface area (Å²) in [7, 11) is 1.46. The van der Waals surface area contributed by atoms with Gasteiger partial charge in [0.2, 0.25) is 0 Å². The fourth-order valence-corrected chi connectivity index (χ4v) is 2.87. The van der Waals surface area contributed by atoms with E-state index in [1.54, 1.807) is 0 Å². The second-order valence-corrected chi connectivity index (χ2v) is 5.80. The van der Waals surface area contributed by atoms with E-state index in [1.165, 1.54) is 32.8 Å². The van der Waals surface area contributed by atoms with Crippen LogP contribution in [0.1, 0.15) is 65.2 Å². The van der Waals surface area contributed by atoms with Gasteiger partial charge in [0, 0.05) is 12.6 Å². The standard InChI is InChI=1S/C16H31NO3/c1-4-20-15-12-8-7-11-14(17-15)10-6-5-9-13(2)16(18)19-3/h13-15,17H,4-12H2,1-3H3/t13-,14?,15?/m0/s1. The summed E-state index contributed by atoms with van der Waals surface area (Å²) in [5.74, 6) is -0.0627. The molecular weight excluding hydrogens is 254 g/mol. The van der Waals surface area contributed by atoms with Gasteiger partial charge in [0.25, 0.3) is 0 Å². The molecule has 1 aliphatic heterocycles. The lowest BCUT2D eigenvalue weighted by atomic mass is 9.99. The van der Waals surface area contributed by atoms with Crippen LogP contribution < -0.4 is 5.32 Å². The van der Waals surface area contributed by atoms with Gasteiger partial charge in [-0.15, -0.1) is 0 Å². The molecule has 4 heteroatoms. The first-order valence-corrected chi connectivity index (χ1v) is 8.12. The van der Waals surface area contributed by atoms with Crippen molar-refractivity contribution in [3.63, 3.8) is 0 Å². The lowest BCUT2D eigenvalue weighted by Gasteiger charge is -2.22. The van der Waals surface area contributed by atoms with Crippen molar-refractivity contribution < 1.29 is 14.3 Å². The van der Waals surface area contributed by atoms with Gasteiger partial charge >= 0.3 is 5.97 Å². The molecule has 20 heavy (non-hydrogen) atoms. The summed E-state index contributed by atoms with van der Waals surface area (Å²) in [6, 6.07) is 0.572. The van der Waals surface area contributed by atoms with Gasteiger partial charge in [0.05, 0.1) is 13.0 Å². The van der Waals surface area contributed by atoms with Gasteiger partial charge in [0.1, 0.15) is 6.23 Å². The van der Waals surface area contributed by atoms with Crippen molar-refractivity contribution in [1.29, 1.82) is 0 Å². The molecule has 0 aromatic heterocycles. The number of hydrogen-bond donors (Lipinski definition) is 1. The topological polar surface area (TPSA) is 47.6 Å². The predicted molar refractivity (Wildman–Crippen MR) is 80.5 cm³/mol. The monoisotopic (exact) mass is 285 g/mol. The molecule has 0 radical (unpaired) electrons. The first-order chi connectivity index (χ1) is 9.67. The largest absolute Gasteiger partial charge is 0.469 e. The van der Waals surface area contributed by atoms with Crippen LogP contribution in [0.5, 0.6) is 0 Å². The molecule has 118 valence electrons. The predicted octanol–water partition coefficient (Wildman–Crippen LogP) is 3.25. The molecule has 2 unspecified atom stereocenters. The molecule has 1 aliphatic rings. The lowest BCUT2D eigenvalue weighted by molar-refractivity contribution is -0.145. The van der Waals surface area contributed by atoms with Crippen LogP contribution in [-0.2, 0) is 14.3 Å². The average Bonchev–Trinajstić information content (AvgIpc) is 2.68. The molecule has 0 aromatic rings. The lowest BCUT2D eigenvalue weighted by Crippen LogP contribution is -2.38. The highest BCUT2D eigenvalue weighted by atomic mass is 16.5. The van der Waals surface area contributed by atoms with Crippen LogP contribution in [0.2, 0.25) is 0 Å². The normalized spacial score (nSPS) is 24.9. The maximum atomic E-state index is 11.3. The van der Waals surface area contributed by atoms with Gasteiger partial charge < -0.3 is 9.47 Å². The first kappa shape index (κ1) is 17.4. The smallest absolute Gasteiger partial charge is 0.308 e. The van der Waals surface area contributed by atoms with E-state index in [9.17, 15) is 4.79 Å². The zero-order valence-electron chi connectivity index (χ0n) is 13.3. The molecule has 1 saturated heterocycles. The van der Waals surface area contributed by atoms with Gasteiger partial charge in [-0.3, -0.25) is 10.1 Å². The number of methoxy groups -OCH3 is 1.